The smallest absolute Gasteiger partial charge is 0.259 e. The average molecular weight is 472 g/mol. The van der Waals surface area contributed by atoms with Gasteiger partial charge in [-0.25, -0.2) is 11.2 Å². The molecule has 1 saturated heterocycles. The Morgan fingerprint density at radius 2 is 1.71 bits per heavy atom. The number of nitrogens with zero attached hydrogens (tertiary/aromatic N) is 2. The molecular weight excluding hydrogens is 430 g/mol. The third-order valence-corrected chi connectivity index (χ3v) is 12.4. The van der Waals surface area contributed by atoms with Gasteiger partial charge < -0.3 is 27.8 Å². The summed E-state index contributed by atoms with van der Waals surface area (Å²) in [5, 5.41) is 0.0553. The van der Waals surface area contributed by atoms with Gasteiger partial charge in [0, 0.05) is 25.2 Å². The van der Waals surface area contributed by atoms with Crippen molar-refractivity contribution in [1.29, 1.82) is 0 Å². The molecular formula is C21H42BN2O5PSi. The Kier molecular flexibility index (Phi) is 11.6. The van der Waals surface area contributed by atoms with Crippen molar-refractivity contribution in [3.8, 4) is 0 Å². The van der Waals surface area contributed by atoms with E-state index in [9.17, 15) is 0 Å². The van der Waals surface area contributed by atoms with E-state index in [0.29, 0.717) is 13.2 Å². The number of hydrogen-bond donors (Lipinski definition) is 0. The highest BCUT2D eigenvalue weighted by atomic mass is 31.2. The maximum Gasteiger partial charge on any atom is 0.259 e. The zero-order valence-corrected chi connectivity index (χ0v) is 22.9. The number of methoxy groups -OCH3 is 1. The monoisotopic (exact) mass is 472 g/mol. The molecule has 0 aliphatic carbocycles. The standard InChI is InChI=1S/C21H42BN2O5PSi/c1-15(2)24(16(3)4)30(26-13-12-23-8)27-14-17-18(25-9)19(20(22)28-17)29-31(10,11)21(5,6)7/h15-20H,12-14H2,1-7,9-11H3/t17-,18?,19+,20-,30?/m1/s1. The van der Waals surface area contributed by atoms with Crippen LogP contribution >= 0.6 is 8.53 Å². The van der Waals surface area contributed by atoms with E-state index >= 15 is 0 Å². The van der Waals surface area contributed by atoms with E-state index in [1.807, 2.05) is 0 Å². The minimum atomic E-state index is -2.05. The third-order valence-electron chi connectivity index (χ3n) is 5.86. The van der Waals surface area contributed by atoms with Gasteiger partial charge in [0.25, 0.3) is 8.53 Å². The van der Waals surface area contributed by atoms with Crippen LogP contribution in [0.15, 0.2) is 0 Å². The molecule has 5 atom stereocenters. The van der Waals surface area contributed by atoms with Crippen molar-refractivity contribution >= 4 is 24.7 Å². The molecule has 1 fully saturated rings. The van der Waals surface area contributed by atoms with Crippen LogP contribution in [0.3, 0.4) is 0 Å². The molecule has 2 radical (unpaired) electrons. The minimum absolute atomic E-state index is 0.0553. The van der Waals surface area contributed by atoms with Crippen molar-refractivity contribution < 1.29 is 22.9 Å². The largest absolute Gasteiger partial charge is 0.409 e. The number of hydrogen-bond acceptors (Lipinski definition) is 6. The van der Waals surface area contributed by atoms with Crippen molar-refractivity contribution in [2.75, 3.05) is 26.9 Å². The van der Waals surface area contributed by atoms with Crippen LogP contribution in [0.1, 0.15) is 48.5 Å². The first-order valence-electron chi connectivity index (χ1n) is 11.1. The van der Waals surface area contributed by atoms with Crippen molar-refractivity contribution in [3.05, 3.63) is 11.4 Å². The fourth-order valence-corrected chi connectivity index (χ4v) is 6.18. The lowest BCUT2D eigenvalue weighted by molar-refractivity contribution is -0.0278. The SMILES string of the molecule is [B][C@@H]1O[C@H](COP(OCC[N+]#[C-])N(C(C)C)C(C)C)C(OC)[C@@H]1O[Si](C)(C)C(C)(C)C. The summed E-state index contributed by atoms with van der Waals surface area (Å²) >= 11 is 0. The summed E-state index contributed by atoms with van der Waals surface area (Å²) in [5.74, 6) is 0. The zero-order chi connectivity index (χ0) is 24.0. The topological polar surface area (TPSA) is 53.8 Å². The molecule has 10 heteroatoms. The molecule has 0 bridgehead atoms. The number of rotatable bonds is 12. The molecule has 2 unspecified atom stereocenters. The lowest BCUT2D eigenvalue weighted by Crippen LogP contribution is -2.50. The molecule has 0 aromatic carbocycles. The molecule has 1 aliphatic rings. The van der Waals surface area contributed by atoms with E-state index in [2.05, 4.69) is 71.1 Å². The molecule has 31 heavy (non-hydrogen) atoms. The Bertz CT molecular complexity index is 577. The Morgan fingerprint density at radius 1 is 1.13 bits per heavy atom. The fraction of sp³-hybridized carbons (Fsp3) is 0.952. The van der Waals surface area contributed by atoms with Gasteiger partial charge in [-0.15, -0.1) is 0 Å². The van der Waals surface area contributed by atoms with Crippen LogP contribution in [0, 0.1) is 6.57 Å². The van der Waals surface area contributed by atoms with E-state index < -0.39 is 22.8 Å². The summed E-state index contributed by atoms with van der Waals surface area (Å²) in [6.45, 7) is 27.4. The molecule has 0 aromatic rings. The first-order chi connectivity index (χ1) is 14.3. The summed E-state index contributed by atoms with van der Waals surface area (Å²) in [7, 11) is 4.58. The summed E-state index contributed by atoms with van der Waals surface area (Å²) in [5.41, 5.74) is 0. The third kappa shape index (κ3) is 8.04. The Balaban J connectivity index is 2.91. The maximum absolute atomic E-state index is 7.01. The van der Waals surface area contributed by atoms with Crippen LogP contribution in [0.4, 0.5) is 0 Å². The second-order valence-corrected chi connectivity index (χ2v) is 16.2. The van der Waals surface area contributed by atoms with Crippen molar-refractivity contribution in [3.63, 3.8) is 0 Å². The van der Waals surface area contributed by atoms with Gasteiger partial charge in [0.15, 0.2) is 8.32 Å². The normalized spacial score (nSPS) is 26.1. The van der Waals surface area contributed by atoms with Crippen LogP contribution in [0.5, 0.6) is 0 Å². The molecule has 0 saturated carbocycles. The Morgan fingerprint density at radius 3 is 2.16 bits per heavy atom. The lowest BCUT2D eigenvalue weighted by Gasteiger charge is -2.40. The van der Waals surface area contributed by atoms with Crippen LogP contribution < -0.4 is 0 Å². The van der Waals surface area contributed by atoms with Gasteiger partial charge in [-0.2, -0.15) is 0 Å². The Labute approximate surface area is 193 Å². The average Bonchev–Trinajstić information content (AvgIpc) is 2.92. The lowest BCUT2D eigenvalue weighted by atomic mass is 9.93. The molecule has 1 rings (SSSR count). The van der Waals surface area contributed by atoms with E-state index in [-0.39, 0.29) is 42.0 Å². The highest BCUT2D eigenvalue weighted by molar-refractivity contribution is 7.44. The van der Waals surface area contributed by atoms with Crippen molar-refractivity contribution in [2.24, 2.45) is 0 Å². The van der Waals surface area contributed by atoms with Gasteiger partial charge in [0.05, 0.1) is 12.7 Å². The highest BCUT2D eigenvalue weighted by Crippen LogP contribution is 2.47. The predicted octanol–water partition coefficient (Wildman–Crippen LogP) is 4.58. The van der Waals surface area contributed by atoms with Gasteiger partial charge in [-0.3, -0.25) is 0 Å². The van der Waals surface area contributed by atoms with Crippen LogP contribution in [0.25, 0.3) is 4.85 Å². The van der Waals surface area contributed by atoms with Crippen molar-refractivity contribution in [2.45, 2.75) is 103 Å². The van der Waals surface area contributed by atoms with Gasteiger partial charge in [-0.05, 0) is 45.8 Å². The van der Waals surface area contributed by atoms with E-state index in [4.69, 9.17) is 37.4 Å². The van der Waals surface area contributed by atoms with Crippen LogP contribution in [-0.2, 0) is 22.9 Å². The second kappa shape index (κ2) is 12.4. The minimum Gasteiger partial charge on any atom is -0.409 e. The first kappa shape index (κ1) is 29.0. The van der Waals surface area contributed by atoms with Gasteiger partial charge in [-0.1, -0.05) is 20.8 Å². The van der Waals surface area contributed by atoms with Crippen LogP contribution in [0.2, 0.25) is 18.1 Å². The molecule has 0 N–H and O–H groups in total. The van der Waals surface area contributed by atoms with E-state index in [1.54, 1.807) is 7.11 Å². The quantitative estimate of drug-likeness (QED) is 0.179. The number of ether oxygens (including phenoxy) is 2. The van der Waals surface area contributed by atoms with Gasteiger partial charge in [0.2, 0.25) is 6.54 Å². The molecule has 0 spiro atoms. The van der Waals surface area contributed by atoms with E-state index in [1.165, 1.54) is 0 Å². The fourth-order valence-electron chi connectivity index (χ4n) is 3.27. The molecule has 0 amide bonds. The molecule has 7 nitrogen and oxygen atoms in total. The first-order valence-corrected chi connectivity index (χ1v) is 15.1. The van der Waals surface area contributed by atoms with Gasteiger partial charge >= 0.3 is 0 Å². The van der Waals surface area contributed by atoms with Gasteiger partial charge in [0.1, 0.15) is 26.7 Å². The molecule has 178 valence electrons. The van der Waals surface area contributed by atoms with E-state index in [0.717, 1.165) is 0 Å². The summed E-state index contributed by atoms with van der Waals surface area (Å²) in [4.78, 5) is 3.38. The zero-order valence-electron chi connectivity index (χ0n) is 21.0. The second-order valence-electron chi connectivity index (χ2n) is 10.00. The summed E-state index contributed by atoms with van der Waals surface area (Å²) < 4.78 is 32.8. The molecule has 1 aliphatic heterocycles. The summed E-state index contributed by atoms with van der Waals surface area (Å²) in [6.07, 6.45) is -1.03. The molecule has 1 heterocycles. The predicted molar refractivity (Wildman–Crippen MR) is 130 cm³/mol. The summed E-state index contributed by atoms with van der Waals surface area (Å²) in [6, 6.07) is -0.106. The highest BCUT2D eigenvalue weighted by Gasteiger charge is 2.49. The maximum atomic E-state index is 7.01. The van der Waals surface area contributed by atoms with Crippen molar-refractivity contribution in [1.82, 2.24) is 4.67 Å². The molecule has 0 aromatic heterocycles. The Hall–Kier alpha value is -0.0382. The van der Waals surface area contributed by atoms with Crippen LogP contribution in [-0.4, -0.2) is 84.1 Å².